The smallest absolute Gasteiger partial charge is 0.164 e. The van der Waals surface area contributed by atoms with E-state index in [1.54, 1.807) is 0 Å². The summed E-state index contributed by atoms with van der Waals surface area (Å²) in [6, 6.07) is 61.8. The van der Waals surface area contributed by atoms with Crippen LogP contribution in [0.1, 0.15) is 22.5 Å². The summed E-state index contributed by atoms with van der Waals surface area (Å²) in [5.41, 5.74) is 14.1. The Morgan fingerprint density at radius 2 is 0.885 bits per heavy atom. The first kappa shape index (κ1) is 28.8. The molecule has 0 fully saturated rings. The lowest BCUT2D eigenvalue weighted by molar-refractivity contribution is 0.738. The Hall–Kier alpha value is -6.98. The molecule has 5 nitrogen and oxygen atoms in total. The molecule has 11 rings (SSSR count). The van der Waals surface area contributed by atoms with Gasteiger partial charge in [-0.3, -0.25) is 4.57 Å². The maximum atomic E-state index is 5.40. The number of fused-ring (bicyclic) bond motifs is 12. The minimum Gasteiger partial charge on any atom is -0.295 e. The Bertz CT molecular complexity index is 2750. The second kappa shape index (κ2) is 11.0. The Morgan fingerprint density at radius 1 is 0.365 bits per heavy atom. The van der Waals surface area contributed by atoms with Crippen molar-refractivity contribution in [2.24, 2.45) is 0 Å². The van der Waals surface area contributed by atoms with Gasteiger partial charge >= 0.3 is 0 Å². The van der Waals surface area contributed by atoms with Crippen LogP contribution in [-0.2, 0) is 5.41 Å². The number of benzene rings is 7. The third-order valence-corrected chi connectivity index (χ3v) is 10.6. The number of nitrogens with zero attached hydrogens (tertiary/aromatic N) is 5. The van der Waals surface area contributed by atoms with Crippen LogP contribution in [0.4, 0.5) is 0 Å². The molecule has 0 atom stereocenters. The van der Waals surface area contributed by atoms with Gasteiger partial charge in [-0.2, -0.15) is 0 Å². The van der Waals surface area contributed by atoms with E-state index in [0.717, 1.165) is 50.4 Å². The van der Waals surface area contributed by atoms with Crippen molar-refractivity contribution >= 4 is 11.0 Å². The average Bonchev–Trinajstić information content (AvgIpc) is 3.85. The second-order valence-electron chi connectivity index (χ2n) is 13.5. The lowest BCUT2D eigenvalue weighted by Gasteiger charge is -2.27. The van der Waals surface area contributed by atoms with Crippen molar-refractivity contribution < 1.29 is 0 Å². The number of aromatic nitrogens is 5. The predicted octanol–water partition coefficient (Wildman–Crippen LogP) is 10.6. The average molecular weight is 664 g/mol. The van der Waals surface area contributed by atoms with E-state index in [4.69, 9.17) is 19.9 Å². The van der Waals surface area contributed by atoms with E-state index in [2.05, 4.69) is 120 Å². The van der Waals surface area contributed by atoms with Crippen LogP contribution in [0.5, 0.6) is 0 Å². The Balaban J connectivity index is 1.12. The zero-order valence-electron chi connectivity index (χ0n) is 28.0. The molecule has 52 heavy (non-hydrogen) atoms. The maximum Gasteiger partial charge on any atom is 0.164 e. The molecule has 0 saturated carbocycles. The summed E-state index contributed by atoms with van der Waals surface area (Å²) in [5, 5.41) is 0. The van der Waals surface area contributed by atoms with Crippen LogP contribution in [0.25, 0.3) is 73.1 Å². The van der Waals surface area contributed by atoms with Gasteiger partial charge in [0, 0.05) is 16.7 Å². The standard InChI is InChI=1S/C47H29N5/c1-3-14-30(15-4-1)43-49-44(31-16-5-2-6-17-31)51-45(50-43)34-19-13-18-32(28-34)33-26-27-41-39(29-33)47(46-48-40-24-11-12-25-42(40)52(41)46)37-22-9-7-20-35(37)36-21-8-10-23-38(36)47/h1-29H. The number of imidazole rings is 1. The highest BCUT2D eigenvalue weighted by atomic mass is 15.1. The molecule has 3 heterocycles. The van der Waals surface area contributed by atoms with Gasteiger partial charge in [0.05, 0.1) is 16.7 Å². The van der Waals surface area contributed by atoms with Gasteiger partial charge < -0.3 is 0 Å². The molecule has 0 unspecified atom stereocenters. The molecule has 0 bridgehead atoms. The largest absolute Gasteiger partial charge is 0.295 e. The molecule has 0 amide bonds. The molecule has 242 valence electrons. The fourth-order valence-electron chi connectivity index (χ4n) is 8.39. The van der Waals surface area contributed by atoms with Crippen LogP contribution in [0.3, 0.4) is 0 Å². The lowest BCUT2D eigenvalue weighted by Crippen LogP contribution is -2.27. The first-order chi connectivity index (χ1) is 25.8. The third-order valence-electron chi connectivity index (χ3n) is 10.6. The summed E-state index contributed by atoms with van der Waals surface area (Å²) >= 11 is 0. The van der Waals surface area contributed by atoms with E-state index >= 15 is 0 Å². The van der Waals surface area contributed by atoms with E-state index in [0.29, 0.717) is 17.5 Å². The van der Waals surface area contributed by atoms with Crippen molar-refractivity contribution in [3.05, 3.63) is 198 Å². The first-order valence-electron chi connectivity index (χ1n) is 17.6. The van der Waals surface area contributed by atoms with Gasteiger partial charge in [-0.15, -0.1) is 0 Å². The summed E-state index contributed by atoms with van der Waals surface area (Å²) in [4.78, 5) is 20.3. The van der Waals surface area contributed by atoms with Gasteiger partial charge in [0.1, 0.15) is 11.2 Å². The van der Waals surface area contributed by atoms with Crippen molar-refractivity contribution in [3.8, 4) is 62.1 Å². The van der Waals surface area contributed by atoms with Gasteiger partial charge in [-0.25, -0.2) is 19.9 Å². The summed E-state index contributed by atoms with van der Waals surface area (Å²) in [6.07, 6.45) is 0. The Kier molecular flexibility index (Phi) is 6.10. The van der Waals surface area contributed by atoms with Crippen LogP contribution >= 0.6 is 0 Å². The normalized spacial score (nSPS) is 13.2. The summed E-state index contributed by atoms with van der Waals surface area (Å²) in [6.45, 7) is 0. The van der Waals surface area contributed by atoms with Gasteiger partial charge in [0.2, 0.25) is 0 Å². The molecule has 9 aromatic rings. The highest BCUT2D eigenvalue weighted by Crippen LogP contribution is 2.60. The van der Waals surface area contributed by atoms with Crippen molar-refractivity contribution in [3.63, 3.8) is 0 Å². The van der Waals surface area contributed by atoms with Crippen molar-refractivity contribution in [1.29, 1.82) is 0 Å². The maximum absolute atomic E-state index is 5.40. The topological polar surface area (TPSA) is 56.5 Å². The van der Waals surface area contributed by atoms with Crippen LogP contribution in [0.2, 0.25) is 0 Å². The summed E-state index contributed by atoms with van der Waals surface area (Å²) < 4.78 is 2.38. The minimum atomic E-state index is -0.557. The molecule has 2 aliphatic rings. The van der Waals surface area contributed by atoms with E-state index in [1.807, 2.05) is 60.7 Å². The van der Waals surface area contributed by atoms with Gasteiger partial charge in [0.15, 0.2) is 17.5 Å². The molecule has 5 heteroatoms. The molecule has 0 N–H and O–H groups in total. The number of rotatable bonds is 4. The molecule has 0 saturated heterocycles. The minimum absolute atomic E-state index is 0.557. The lowest BCUT2D eigenvalue weighted by atomic mass is 9.72. The van der Waals surface area contributed by atoms with Crippen LogP contribution in [-0.4, -0.2) is 24.5 Å². The molecular formula is C47H29N5. The van der Waals surface area contributed by atoms with Crippen LogP contribution in [0.15, 0.2) is 176 Å². The van der Waals surface area contributed by atoms with E-state index in [1.165, 1.54) is 27.8 Å². The molecular weight excluding hydrogens is 635 g/mol. The molecule has 1 aliphatic carbocycles. The Morgan fingerprint density at radius 3 is 1.56 bits per heavy atom. The third kappa shape index (κ3) is 4.05. The molecule has 2 aromatic heterocycles. The zero-order chi connectivity index (χ0) is 34.2. The van der Waals surface area contributed by atoms with Crippen molar-refractivity contribution in [2.75, 3.05) is 0 Å². The molecule has 0 radical (unpaired) electrons. The number of hydrogen-bond acceptors (Lipinski definition) is 4. The predicted molar refractivity (Wildman–Crippen MR) is 207 cm³/mol. The Labute approximate surface area is 300 Å². The van der Waals surface area contributed by atoms with E-state index in [-0.39, 0.29) is 0 Å². The highest BCUT2D eigenvalue weighted by molar-refractivity contribution is 5.92. The molecule has 1 aliphatic heterocycles. The summed E-state index contributed by atoms with van der Waals surface area (Å²) in [5.74, 6) is 2.97. The quantitative estimate of drug-likeness (QED) is 0.188. The number of para-hydroxylation sites is 2. The summed E-state index contributed by atoms with van der Waals surface area (Å²) in [7, 11) is 0. The fraction of sp³-hybridized carbons (Fsp3) is 0.0213. The van der Waals surface area contributed by atoms with Crippen molar-refractivity contribution in [2.45, 2.75) is 5.41 Å². The molecule has 1 spiro atoms. The van der Waals surface area contributed by atoms with Gasteiger partial charge in [-0.1, -0.05) is 146 Å². The van der Waals surface area contributed by atoms with Gasteiger partial charge in [0.25, 0.3) is 0 Å². The van der Waals surface area contributed by atoms with Crippen LogP contribution < -0.4 is 0 Å². The van der Waals surface area contributed by atoms with Gasteiger partial charge in [-0.05, 0) is 69.3 Å². The zero-order valence-corrected chi connectivity index (χ0v) is 28.0. The van der Waals surface area contributed by atoms with Crippen LogP contribution in [0, 0.1) is 0 Å². The fourth-order valence-corrected chi connectivity index (χ4v) is 8.39. The molecule has 7 aromatic carbocycles. The SMILES string of the molecule is c1ccc(-c2nc(-c3ccccc3)nc(-c3cccc(-c4ccc5c(c4)C4(c6ccccc6-c6ccccc64)c4nc6ccccc6n4-5)c3)n2)cc1. The second-order valence-corrected chi connectivity index (χ2v) is 13.5. The number of hydrogen-bond donors (Lipinski definition) is 0. The highest BCUT2D eigenvalue weighted by Gasteiger charge is 2.54. The van der Waals surface area contributed by atoms with E-state index in [9.17, 15) is 0 Å². The van der Waals surface area contributed by atoms with Crippen molar-refractivity contribution in [1.82, 2.24) is 24.5 Å². The van der Waals surface area contributed by atoms with E-state index < -0.39 is 5.41 Å². The monoisotopic (exact) mass is 663 g/mol. The first-order valence-corrected chi connectivity index (χ1v) is 17.6.